The number of likely N-dealkylation sites (tertiary alicyclic amines) is 1. The molecule has 28 heavy (non-hydrogen) atoms. The Bertz CT molecular complexity index is 970. The molecule has 4 nitrogen and oxygen atoms in total. The van der Waals surface area contributed by atoms with Gasteiger partial charge in [-0.25, -0.2) is 4.79 Å². The first-order chi connectivity index (χ1) is 13.6. The Kier molecular flexibility index (Phi) is 5.31. The van der Waals surface area contributed by atoms with Crippen LogP contribution >= 0.6 is 0 Å². The van der Waals surface area contributed by atoms with Crippen molar-refractivity contribution in [2.24, 2.45) is 0 Å². The van der Waals surface area contributed by atoms with E-state index in [1.54, 1.807) is 0 Å². The quantitative estimate of drug-likeness (QED) is 0.666. The number of rotatable bonds is 6. The molecule has 0 spiro atoms. The van der Waals surface area contributed by atoms with Crippen molar-refractivity contribution in [2.75, 3.05) is 19.6 Å². The molecule has 3 aromatic rings. The number of carboxylic acids is 1. The molecule has 4 rings (SSSR count). The molecular weight excluding hydrogens is 348 g/mol. The summed E-state index contributed by atoms with van der Waals surface area (Å²) in [5.41, 5.74) is 5.58. The van der Waals surface area contributed by atoms with Crippen molar-refractivity contribution in [1.29, 1.82) is 0 Å². The molecule has 1 fully saturated rings. The third-order valence-corrected chi connectivity index (χ3v) is 5.68. The van der Waals surface area contributed by atoms with Gasteiger partial charge in [0.05, 0.1) is 11.3 Å². The molecule has 2 heterocycles. The highest BCUT2D eigenvalue weighted by molar-refractivity contribution is 5.94. The Morgan fingerprint density at radius 1 is 0.929 bits per heavy atom. The lowest BCUT2D eigenvalue weighted by Gasteiger charge is -2.18. The smallest absolute Gasteiger partial charge is 0.337 e. The van der Waals surface area contributed by atoms with Crippen LogP contribution in [0.5, 0.6) is 0 Å². The molecule has 0 aliphatic carbocycles. The third-order valence-electron chi connectivity index (χ3n) is 5.68. The molecule has 1 saturated heterocycles. The molecule has 1 aliphatic rings. The second-order valence-corrected chi connectivity index (χ2v) is 7.48. The number of nitrogens with zero attached hydrogens (tertiary/aromatic N) is 2. The van der Waals surface area contributed by atoms with E-state index in [0.29, 0.717) is 5.56 Å². The Hall–Kier alpha value is -2.85. The molecule has 0 unspecified atom stereocenters. The Balaban J connectivity index is 1.79. The minimum atomic E-state index is -0.865. The number of carbonyl (C=O) groups is 1. The van der Waals surface area contributed by atoms with Gasteiger partial charge in [0.25, 0.3) is 0 Å². The lowest BCUT2D eigenvalue weighted by Crippen LogP contribution is -2.24. The van der Waals surface area contributed by atoms with Crippen molar-refractivity contribution < 1.29 is 9.90 Å². The number of aromatic carboxylic acids is 1. The molecule has 1 aliphatic heterocycles. The monoisotopic (exact) mass is 374 g/mol. The van der Waals surface area contributed by atoms with E-state index in [4.69, 9.17) is 0 Å². The summed E-state index contributed by atoms with van der Waals surface area (Å²) in [4.78, 5) is 14.3. The van der Waals surface area contributed by atoms with Gasteiger partial charge < -0.3 is 14.6 Å². The van der Waals surface area contributed by atoms with Crippen LogP contribution in [0.25, 0.3) is 22.4 Å². The topological polar surface area (TPSA) is 45.5 Å². The molecule has 2 aromatic carbocycles. The fourth-order valence-corrected chi connectivity index (χ4v) is 4.22. The standard InChI is InChI=1S/C24H26N2O2/c1-18-22(24(27)28)17-26(16-15-25-13-7-8-14-25)23(18)21-12-6-5-11-20(21)19-9-3-2-4-10-19/h2-6,9-12,17H,7-8,13-16H2,1H3,(H,27,28). The first-order valence-corrected chi connectivity index (χ1v) is 9.95. The van der Waals surface area contributed by atoms with Crippen molar-refractivity contribution in [3.63, 3.8) is 0 Å². The zero-order valence-corrected chi connectivity index (χ0v) is 16.3. The summed E-state index contributed by atoms with van der Waals surface area (Å²) in [6.45, 7) is 5.96. The summed E-state index contributed by atoms with van der Waals surface area (Å²) < 4.78 is 2.14. The molecular formula is C24H26N2O2. The molecule has 4 heteroatoms. The zero-order chi connectivity index (χ0) is 19.5. The van der Waals surface area contributed by atoms with Crippen LogP contribution in [0.15, 0.2) is 60.8 Å². The fourth-order valence-electron chi connectivity index (χ4n) is 4.22. The summed E-state index contributed by atoms with van der Waals surface area (Å²) in [5, 5.41) is 9.69. The van der Waals surface area contributed by atoms with Crippen LogP contribution in [0.3, 0.4) is 0 Å². The van der Waals surface area contributed by atoms with Crippen molar-refractivity contribution in [3.8, 4) is 22.4 Å². The molecule has 1 N–H and O–H groups in total. The van der Waals surface area contributed by atoms with Gasteiger partial charge in [-0.2, -0.15) is 0 Å². The van der Waals surface area contributed by atoms with Gasteiger partial charge in [-0.05, 0) is 49.5 Å². The highest BCUT2D eigenvalue weighted by Crippen LogP contribution is 2.36. The van der Waals surface area contributed by atoms with Crippen molar-refractivity contribution >= 4 is 5.97 Å². The minimum Gasteiger partial charge on any atom is -0.478 e. The molecule has 0 radical (unpaired) electrons. The minimum absolute atomic E-state index is 0.388. The van der Waals surface area contributed by atoms with E-state index < -0.39 is 5.97 Å². The summed E-state index contributed by atoms with van der Waals surface area (Å²) in [5.74, 6) is -0.865. The van der Waals surface area contributed by atoms with Crippen LogP contribution < -0.4 is 0 Å². The van der Waals surface area contributed by atoms with Gasteiger partial charge in [0.2, 0.25) is 0 Å². The van der Waals surface area contributed by atoms with E-state index >= 15 is 0 Å². The van der Waals surface area contributed by atoms with Crippen molar-refractivity contribution in [3.05, 3.63) is 71.9 Å². The lowest BCUT2D eigenvalue weighted by atomic mass is 9.95. The largest absolute Gasteiger partial charge is 0.478 e. The van der Waals surface area contributed by atoms with E-state index in [-0.39, 0.29) is 0 Å². The van der Waals surface area contributed by atoms with Crippen LogP contribution in [-0.2, 0) is 6.54 Å². The Morgan fingerprint density at radius 3 is 2.25 bits per heavy atom. The van der Waals surface area contributed by atoms with Crippen molar-refractivity contribution in [2.45, 2.75) is 26.3 Å². The maximum atomic E-state index is 11.8. The second-order valence-electron chi connectivity index (χ2n) is 7.48. The molecule has 1 aromatic heterocycles. The molecule has 0 bridgehead atoms. The summed E-state index contributed by atoms with van der Waals surface area (Å²) in [6.07, 6.45) is 4.33. The van der Waals surface area contributed by atoms with Gasteiger partial charge in [0.15, 0.2) is 0 Å². The number of aromatic nitrogens is 1. The van der Waals surface area contributed by atoms with Crippen LogP contribution in [-0.4, -0.2) is 40.2 Å². The summed E-state index contributed by atoms with van der Waals surface area (Å²) >= 11 is 0. The number of benzene rings is 2. The maximum Gasteiger partial charge on any atom is 0.337 e. The average Bonchev–Trinajstić information content (AvgIpc) is 3.35. The molecule has 0 atom stereocenters. The average molecular weight is 374 g/mol. The number of hydrogen-bond donors (Lipinski definition) is 1. The number of hydrogen-bond acceptors (Lipinski definition) is 2. The third kappa shape index (κ3) is 3.60. The SMILES string of the molecule is Cc1c(C(=O)O)cn(CCN2CCCC2)c1-c1ccccc1-c1ccccc1. The highest BCUT2D eigenvalue weighted by atomic mass is 16.4. The van der Waals surface area contributed by atoms with E-state index in [2.05, 4.69) is 33.7 Å². The summed E-state index contributed by atoms with van der Waals surface area (Å²) in [6, 6.07) is 18.6. The van der Waals surface area contributed by atoms with E-state index in [1.807, 2.05) is 43.5 Å². The molecule has 144 valence electrons. The van der Waals surface area contributed by atoms with Gasteiger partial charge in [-0.3, -0.25) is 0 Å². The summed E-state index contributed by atoms with van der Waals surface area (Å²) in [7, 11) is 0. The van der Waals surface area contributed by atoms with E-state index in [1.165, 1.54) is 12.8 Å². The molecule has 0 amide bonds. The number of carboxylic acid groups (broad SMARTS) is 1. The van der Waals surface area contributed by atoms with Crippen LogP contribution in [0.4, 0.5) is 0 Å². The van der Waals surface area contributed by atoms with Gasteiger partial charge in [0, 0.05) is 24.8 Å². The normalized spacial score (nSPS) is 14.5. The zero-order valence-electron chi connectivity index (χ0n) is 16.3. The highest BCUT2D eigenvalue weighted by Gasteiger charge is 2.21. The lowest BCUT2D eigenvalue weighted by molar-refractivity contribution is 0.0696. The first-order valence-electron chi connectivity index (χ1n) is 9.95. The van der Waals surface area contributed by atoms with E-state index in [9.17, 15) is 9.90 Å². The molecule has 0 saturated carbocycles. The first kappa shape index (κ1) is 18.5. The predicted molar refractivity (Wildman–Crippen MR) is 113 cm³/mol. The maximum absolute atomic E-state index is 11.8. The predicted octanol–water partition coefficient (Wildman–Crippen LogP) is 4.92. The van der Waals surface area contributed by atoms with Gasteiger partial charge in [-0.1, -0.05) is 54.6 Å². The van der Waals surface area contributed by atoms with Gasteiger partial charge in [0.1, 0.15) is 0 Å². The van der Waals surface area contributed by atoms with Gasteiger partial charge in [-0.15, -0.1) is 0 Å². The van der Waals surface area contributed by atoms with Gasteiger partial charge >= 0.3 is 5.97 Å². The Labute approximate surface area is 166 Å². The van der Waals surface area contributed by atoms with Crippen LogP contribution in [0.2, 0.25) is 0 Å². The van der Waals surface area contributed by atoms with Crippen molar-refractivity contribution in [1.82, 2.24) is 9.47 Å². The fraction of sp³-hybridized carbons (Fsp3) is 0.292. The van der Waals surface area contributed by atoms with Crippen LogP contribution in [0.1, 0.15) is 28.8 Å². The second kappa shape index (κ2) is 8.03. The van der Waals surface area contributed by atoms with Crippen LogP contribution in [0, 0.1) is 6.92 Å². The van der Waals surface area contributed by atoms with E-state index in [0.717, 1.165) is 54.1 Å². The Morgan fingerprint density at radius 2 is 1.57 bits per heavy atom.